The first-order valence-corrected chi connectivity index (χ1v) is 10.9. The maximum Gasteiger partial charge on any atom is 0.416 e. The maximum atomic E-state index is 12.6. The van der Waals surface area contributed by atoms with Crippen LogP contribution in [0.25, 0.3) is 0 Å². The molecule has 170 valence electrons. The fourth-order valence-electron chi connectivity index (χ4n) is 4.29. The summed E-state index contributed by atoms with van der Waals surface area (Å²) in [5.41, 5.74) is 3.57. The molecule has 0 aliphatic carbocycles. The standard InChI is InChI=1S/C12H14F3N.C12H15F2N/c1-2-16-7-3-4-9-5-6-10(8-11(9)16)12(13,14)15;1-2-15-7-3-4-9-5-6-10(12(13)14)8-11(9)15/h5-6,8H,2-4,7H2,1H3;5-6,8,12H,2-4,7H2,1H3. The lowest BCUT2D eigenvalue weighted by Gasteiger charge is -2.30. The summed E-state index contributed by atoms with van der Waals surface area (Å²) in [6.45, 7) is 7.51. The number of aryl methyl sites for hydroxylation is 2. The lowest BCUT2D eigenvalue weighted by atomic mass is 9.99. The van der Waals surface area contributed by atoms with Crippen molar-refractivity contribution in [3.63, 3.8) is 0 Å². The quantitative estimate of drug-likeness (QED) is 0.480. The van der Waals surface area contributed by atoms with Crippen LogP contribution in [-0.2, 0) is 19.0 Å². The number of nitrogens with zero attached hydrogens (tertiary/aromatic N) is 2. The van der Waals surface area contributed by atoms with E-state index in [1.54, 1.807) is 18.2 Å². The minimum absolute atomic E-state index is 0.133. The molecule has 0 unspecified atom stereocenters. The molecule has 0 atom stereocenters. The molecule has 0 saturated carbocycles. The second-order valence-corrected chi connectivity index (χ2v) is 7.90. The van der Waals surface area contributed by atoms with Crippen LogP contribution in [0.15, 0.2) is 36.4 Å². The average molecular weight is 441 g/mol. The van der Waals surface area contributed by atoms with Gasteiger partial charge in [0.15, 0.2) is 0 Å². The molecule has 7 heteroatoms. The van der Waals surface area contributed by atoms with Gasteiger partial charge in [0.25, 0.3) is 6.43 Å². The molecular weight excluding hydrogens is 411 g/mol. The SMILES string of the molecule is CCN1CCCc2ccc(C(F)(F)F)cc21.CCN1CCCc2ccc(C(F)F)cc21. The van der Waals surface area contributed by atoms with Crippen LogP contribution >= 0.6 is 0 Å². The van der Waals surface area contributed by atoms with Gasteiger partial charge in [0.05, 0.1) is 5.56 Å². The summed E-state index contributed by atoms with van der Waals surface area (Å²) in [4.78, 5) is 4.18. The number of fused-ring (bicyclic) bond motifs is 2. The number of anilines is 2. The Labute approximate surface area is 180 Å². The summed E-state index contributed by atoms with van der Waals surface area (Å²) >= 11 is 0. The molecule has 4 rings (SSSR count). The van der Waals surface area contributed by atoms with Crippen molar-refractivity contribution in [1.29, 1.82) is 0 Å². The van der Waals surface area contributed by atoms with Gasteiger partial charge in [-0.15, -0.1) is 0 Å². The van der Waals surface area contributed by atoms with Crippen LogP contribution < -0.4 is 9.80 Å². The van der Waals surface area contributed by atoms with Crippen molar-refractivity contribution in [3.05, 3.63) is 58.7 Å². The molecular formula is C24H29F5N2. The predicted octanol–water partition coefficient (Wildman–Crippen LogP) is 6.87. The molecule has 0 saturated heterocycles. The highest BCUT2D eigenvalue weighted by Gasteiger charge is 2.32. The Balaban J connectivity index is 0.000000176. The van der Waals surface area contributed by atoms with E-state index in [9.17, 15) is 22.0 Å². The van der Waals surface area contributed by atoms with Gasteiger partial charge in [0, 0.05) is 43.1 Å². The number of hydrogen-bond acceptors (Lipinski definition) is 2. The van der Waals surface area contributed by atoms with E-state index < -0.39 is 18.2 Å². The highest BCUT2D eigenvalue weighted by molar-refractivity contribution is 5.58. The van der Waals surface area contributed by atoms with Crippen LogP contribution in [0.3, 0.4) is 0 Å². The van der Waals surface area contributed by atoms with Gasteiger partial charge in [-0.1, -0.05) is 18.2 Å². The van der Waals surface area contributed by atoms with E-state index in [4.69, 9.17) is 0 Å². The first kappa shape index (κ1) is 23.4. The number of benzene rings is 2. The summed E-state index contributed by atoms with van der Waals surface area (Å²) in [5, 5.41) is 0. The fourth-order valence-corrected chi connectivity index (χ4v) is 4.29. The van der Waals surface area contributed by atoms with E-state index in [0.717, 1.165) is 68.8 Å². The third kappa shape index (κ3) is 5.49. The highest BCUT2D eigenvalue weighted by Crippen LogP contribution is 2.35. The fraction of sp³-hybridized carbons (Fsp3) is 0.500. The maximum absolute atomic E-state index is 12.6. The Morgan fingerprint density at radius 1 is 0.806 bits per heavy atom. The second kappa shape index (κ2) is 9.88. The topological polar surface area (TPSA) is 6.48 Å². The van der Waals surface area contributed by atoms with Crippen molar-refractivity contribution in [2.45, 2.75) is 52.1 Å². The second-order valence-electron chi connectivity index (χ2n) is 7.90. The van der Waals surface area contributed by atoms with Crippen LogP contribution in [-0.4, -0.2) is 26.2 Å². The minimum Gasteiger partial charge on any atom is -0.372 e. The first-order chi connectivity index (χ1) is 14.7. The lowest BCUT2D eigenvalue weighted by Crippen LogP contribution is -2.29. The van der Waals surface area contributed by atoms with Gasteiger partial charge in [-0.25, -0.2) is 8.78 Å². The van der Waals surface area contributed by atoms with E-state index in [2.05, 4.69) is 11.8 Å². The van der Waals surface area contributed by atoms with E-state index in [0.29, 0.717) is 0 Å². The van der Waals surface area contributed by atoms with E-state index in [1.807, 2.05) is 17.9 Å². The summed E-state index contributed by atoms with van der Waals surface area (Å²) in [5.74, 6) is 0. The van der Waals surface area contributed by atoms with Crippen molar-refractivity contribution in [1.82, 2.24) is 0 Å². The number of halogens is 5. The average Bonchev–Trinajstić information content (AvgIpc) is 2.77. The molecule has 2 nitrogen and oxygen atoms in total. The summed E-state index contributed by atoms with van der Waals surface area (Å²) in [6, 6.07) is 9.10. The lowest BCUT2D eigenvalue weighted by molar-refractivity contribution is -0.137. The zero-order valence-corrected chi connectivity index (χ0v) is 18.0. The largest absolute Gasteiger partial charge is 0.416 e. The van der Waals surface area contributed by atoms with Crippen LogP contribution in [0.2, 0.25) is 0 Å². The van der Waals surface area contributed by atoms with Crippen molar-refractivity contribution in [2.75, 3.05) is 36.0 Å². The minimum atomic E-state index is -4.24. The summed E-state index contributed by atoms with van der Waals surface area (Å²) < 4.78 is 62.8. The summed E-state index contributed by atoms with van der Waals surface area (Å²) in [7, 11) is 0. The Morgan fingerprint density at radius 2 is 1.32 bits per heavy atom. The Hall–Kier alpha value is -2.31. The third-order valence-corrected chi connectivity index (χ3v) is 5.97. The molecule has 0 N–H and O–H groups in total. The molecule has 2 aromatic carbocycles. The monoisotopic (exact) mass is 440 g/mol. The number of rotatable bonds is 3. The van der Waals surface area contributed by atoms with Crippen LogP contribution in [0.5, 0.6) is 0 Å². The highest BCUT2D eigenvalue weighted by atomic mass is 19.4. The van der Waals surface area contributed by atoms with Crippen molar-refractivity contribution < 1.29 is 22.0 Å². The Bertz CT molecular complexity index is 879. The zero-order valence-electron chi connectivity index (χ0n) is 18.0. The van der Waals surface area contributed by atoms with Crippen molar-refractivity contribution in [3.8, 4) is 0 Å². The Kier molecular flexibility index (Phi) is 7.44. The number of alkyl halides is 5. The van der Waals surface area contributed by atoms with Crippen molar-refractivity contribution >= 4 is 11.4 Å². The molecule has 0 spiro atoms. The molecule has 0 amide bonds. The van der Waals surface area contributed by atoms with E-state index >= 15 is 0 Å². The molecule has 2 aliphatic heterocycles. The molecule has 2 heterocycles. The predicted molar refractivity (Wildman–Crippen MR) is 115 cm³/mol. The van der Waals surface area contributed by atoms with Gasteiger partial charge in [0.2, 0.25) is 0 Å². The van der Waals surface area contributed by atoms with Gasteiger partial charge in [-0.2, -0.15) is 13.2 Å². The van der Waals surface area contributed by atoms with Crippen molar-refractivity contribution in [2.24, 2.45) is 0 Å². The molecule has 0 aromatic heterocycles. The molecule has 31 heavy (non-hydrogen) atoms. The zero-order chi connectivity index (χ0) is 22.6. The van der Waals surface area contributed by atoms with Crippen LogP contribution in [0, 0.1) is 0 Å². The van der Waals surface area contributed by atoms with E-state index in [-0.39, 0.29) is 5.56 Å². The van der Waals surface area contributed by atoms with Gasteiger partial charge < -0.3 is 9.80 Å². The van der Waals surface area contributed by atoms with Crippen LogP contribution in [0.1, 0.15) is 55.4 Å². The first-order valence-electron chi connectivity index (χ1n) is 10.9. The third-order valence-electron chi connectivity index (χ3n) is 5.97. The molecule has 2 aliphatic rings. The Morgan fingerprint density at radius 3 is 1.81 bits per heavy atom. The van der Waals surface area contributed by atoms with Gasteiger partial charge in [-0.05, 0) is 68.9 Å². The molecule has 0 radical (unpaired) electrons. The molecule has 0 fully saturated rings. The van der Waals surface area contributed by atoms with E-state index in [1.165, 1.54) is 17.7 Å². The molecule has 0 bridgehead atoms. The smallest absolute Gasteiger partial charge is 0.372 e. The van der Waals surface area contributed by atoms with Gasteiger partial charge in [0.1, 0.15) is 0 Å². The normalized spacial score (nSPS) is 15.9. The summed E-state index contributed by atoms with van der Waals surface area (Å²) in [6.07, 6.45) is -2.58. The van der Waals surface area contributed by atoms with Gasteiger partial charge in [-0.3, -0.25) is 0 Å². The molecule has 2 aromatic rings. The van der Waals surface area contributed by atoms with Gasteiger partial charge >= 0.3 is 6.18 Å². The number of hydrogen-bond donors (Lipinski definition) is 0. The van der Waals surface area contributed by atoms with Crippen LogP contribution in [0.4, 0.5) is 33.3 Å².